The van der Waals surface area contributed by atoms with Crippen LogP contribution in [-0.2, 0) is 9.53 Å². The van der Waals surface area contributed by atoms with Gasteiger partial charge in [0.2, 0.25) is 0 Å². The number of hydrogen-bond acceptors (Lipinski definition) is 4. The van der Waals surface area contributed by atoms with E-state index in [4.69, 9.17) is 9.84 Å². The van der Waals surface area contributed by atoms with Crippen molar-refractivity contribution >= 4 is 5.97 Å². The zero-order valence-corrected chi connectivity index (χ0v) is 14.8. The highest BCUT2D eigenvalue weighted by atomic mass is 16.5. The zero-order valence-electron chi connectivity index (χ0n) is 14.8. The van der Waals surface area contributed by atoms with Crippen LogP contribution in [0.2, 0.25) is 0 Å². The number of ether oxygens (including phenoxy) is 1. The van der Waals surface area contributed by atoms with Crippen LogP contribution in [0.1, 0.15) is 78.1 Å². The van der Waals surface area contributed by atoms with Crippen molar-refractivity contribution in [1.29, 1.82) is 0 Å². The van der Waals surface area contributed by atoms with E-state index in [2.05, 4.69) is 18.7 Å². The van der Waals surface area contributed by atoms with Crippen LogP contribution < -0.4 is 0 Å². The fourth-order valence-corrected chi connectivity index (χ4v) is 2.49. The largest absolute Gasteiger partial charge is 0.466 e. The van der Waals surface area contributed by atoms with Gasteiger partial charge in [-0.25, -0.2) is 0 Å². The average molecular weight is 315 g/mol. The van der Waals surface area contributed by atoms with Crippen molar-refractivity contribution < 1.29 is 14.6 Å². The maximum Gasteiger partial charge on any atom is 0.305 e. The van der Waals surface area contributed by atoms with E-state index < -0.39 is 0 Å². The van der Waals surface area contributed by atoms with Gasteiger partial charge in [0.25, 0.3) is 0 Å². The Hall–Kier alpha value is -0.610. The Morgan fingerprint density at radius 3 is 2.23 bits per heavy atom. The van der Waals surface area contributed by atoms with E-state index in [1.54, 1.807) is 0 Å². The van der Waals surface area contributed by atoms with E-state index in [0.717, 1.165) is 51.7 Å². The molecule has 0 aromatic heterocycles. The third-order valence-corrected chi connectivity index (χ3v) is 3.98. The molecule has 0 aliphatic heterocycles. The Labute approximate surface area is 137 Å². The van der Waals surface area contributed by atoms with Gasteiger partial charge < -0.3 is 14.7 Å². The predicted molar refractivity (Wildman–Crippen MR) is 92.0 cm³/mol. The summed E-state index contributed by atoms with van der Waals surface area (Å²) < 4.78 is 5.19. The molecule has 4 heteroatoms. The normalized spacial score (nSPS) is 11.1. The van der Waals surface area contributed by atoms with E-state index >= 15 is 0 Å². The number of esters is 1. The molecule has 132 valence electrons. The maximum atomic E-state index is 11.5. The number of aliphatic hydroxyl groups is 1. The Morgan fingerprint density at radius 2 is 1.59 bits per heavy atom. The van der Waals surface area contributed by atoms with Crippen LogP contribution in [0.5, 0.6) is 0 Å². The summed E-state index contributed by atoms with van der Waals surface area (Å²) >= 11 is 0. The third-order valence-electron chi connectivity index (χ3n) is 3.98. The summed E-state index contributed by atoms with van der Waals surface area (Å²) in [6.07, 6.45) is 10.8. The van der Waals surface area contributed by atoms with Crippen molar-refractivity contribution in [2.24, 2.45) is 0 Å². The van der Waals surface area contributed by atoms with Crippen molar-refractivity contribution in [3.63, 3.8) is 0 Å². The van der Waals surface area contributed by atoms with Gasteiger partial charge in [0.05, 0.1) is 13.2 Å². The minimum absolute atomic E-state index is 0.0290. The highest BCUT2D eigenvalue weighted by Gasteiger charge is 2.03. The van der Waals surface area contributed by atoms with E-state index in [9.17, 15) is 4.79 Å². The molecular formula is C18H37NO3. The first-order valence-corrected chi connectivity index (χ1v) is 9.23. The lowest BCUT2D eigenvalue weighted by Gasteiger charge is -2.18. The summed E-state index contributed by atoms with van der Waals surface area (Å²) in [5, 5.41) is 8.91. The number of carbonyl (C=O) groups is 1. The van der Waals surface area contributed by atoms with E-state index in [-0.39, 0.29) is 12.6 Å². The van der Waals surface area contributed by atoms with Crippen LogP contribution in [-0.4, -0.2) is 48.8 Å². The molecule has 0 rings (SSSR count). The molecule has 4 nitrogen and oxygen atoms in total. The molecule has 0 heterocycles. The molecule has 0 saturated heterocycles. The second-order valence-electron chi connectivity index (χ2n) is 5.96. The van der Waals surface area contributed by atoms with E-state index in [0.29, 0.717) is 13.0 Å². The standard InChI is InChI=1S/C18H37NO3/c1-3-5-12-17-22-18(21)13-10-8-6-7-9-11-14-19(4-2)15-16-20/h20H,3-17H2,1-2H3. The van der Waals surface area contributed by atoms with Gasteiger partial charge in [0.1, 0.15) is 0 Å². The maximum absolute atomic E-state index is 11.5. The first kappa shape index (κ1) is 21.4. The van der Waals surface area contributed by atoms with Gasteiger partial charge in [-0.15, -0.1) is 0 Å². The van der Waals surface area contributed by atoms with E-state index in [1.165, 1.54) is 25.7 Å². The summed E-state index contributed by atoms with van der Waals surface area (Å²) in [7, 11) is 0. The molecule has 0 fully saturated rings. The SMILES string of the molecule is CCCCCOC(=O)CCCCCCCCN(CC)CCO. The first-order valence-electron chi connectivity index (χ1n) is 9.23. The monoisotopic (exact) mass is 315 g/mol. The Kier molecular flexibility index (Phi) is 16.3. The Bertz CT molecular complexity index is 246. The second-order valence-corrected chi connectivity index (χ2v) is 5.96. The first-order chi connectivity index (χ1) is 10.7. The van der Waals surface area contributed by atoms with Gasteiger partial charge >= 0.3 is 5.97 Å². The number of likely N-dealkylation sites (N-methyl/N-ethyl adjacent to an activating group) is 1. The predicted octanol–water partition coefficient (Wildman–Crippen LogP) is 3.76. The van der Waals surface area contributed by atoms with Gasteiger partial charge in [-0.3, -0.25) is 4.79 Å². The van der Waals surface area contributed by atoms with Gasteiger partial charge in [-0.1, -0.05) is 52.4 Å². The highest BCUT2D eigenvalue weighted by molar-refractivity contribution is 5.69. The molecule has 0 amide bonds. The van der Waals surface area contributed by atoms with Gasteiger partial charge in [0, 0.05) is 13.0 Å². The average Bonchev–Trinajstić information content (AvgIpc) is 2.53. The molecule has 0 radical (unpaired) electrons. The number of aliphatic hydroxyl groups excluding tert-OH is 1. The van der Waals surface area contributed by atoms with Crippen LogP contribution in [0.4, 0.5) is 0 Å². The summed E-state index contributed by atoms with van der Waals surface area (Å²) in [4.78, 5) is 13.7. The van der Waals surface area contributed by atoms with Crippen molar-refractivity contribution in [2.75, 3.05) is 32.8 Å². The number of carbonyl (C=O) groups excluding carboxylic acids is 1. The Balaban J connectivity index is 3.27. The number of nitrogens with zero attached hydrogens (tertiary/aromatic N) is 1. The smallest absolute Gasteiger partial charge is 0.305 e. The van der Waals surface area contributed by atoms with Crippen LogP contribution in [0.15, 0.2) is 0 Å². The molecule has 22 heavy (non-hydrogen) atoms. The summed E-state index contributed by atoms with van der Waals surface area (Å²) in [5.41, 5.74) is 0. The molecule has 0 bridgehead atoms. The molecular weight excluding hydrogens is 278 g/mol. The minimum atomic E-state index is -0.0290. The Morgan fingerprint density at radius 1 is 0.909 bits per heavy atom. The van der Waals surface area contributed by atoms with Gasteiger partial charge in [-0.05, 0) is 32.4 Å². The summed E-state index contributed by atoms with van der Waals surface area (Å²) in [6, 6.07) is 0. The lowest BCUT2D eigenvalue weighted by atomic mass is 10.1. The topological polar surface area (TPSA) is 49.8 Å². The zero-order chi connectivity index (χ0) is 16.5. The quantitative estimate of drug-likeness (QED) is 0.348. The number of hydrogen-bond donors (Lipinski definition) is 1. The van der Waals surface area contributed by atoms with Crippen LogP contribution >= 0.6 is 0 Å². The lowest BCUT2D eigenvalue weighted by Crippen LogP contribution is -2.27. The summed E-state index contributed by atoms with van der Waals surface area (Å²) in [6.45, 7) is 8.01. The molecule has 1 N–H and O–H groups in total. The molecule has 0 aliphatic carbocycles. The molecule has 0 spiro atoms. The fourth-order valence-electron chi connectivity index (χ4n) is 2.49. The number of rotatable bonds is 16. The van der Waals surface area contributed by atoms with Gasteiger partial charge in [-0.2, -0.15) is 0 Å². The van der Waals surface area contributed by atoms with Crippen LogP contribution in [0.3, 0.4) is 0 Å². The second kappa shape index (κ2) is 16.8. The van der Waals surface area contributed by atoms with E-state index in [1.807, 2.05) is 0 Å². The van der Waals surface area contributed by atoms with Crippen LogP contribution in [0.25, 0.3) is 0 Å². The highest BCUT2D eigenvalue weighted by Crippen LogP contribution is 2.08. The molecule has 0 aromatic carbocycles. The number of unbranched alkanes of at least 4 members (excludes halogenated alkanes) is 7. The molecule has 0 aromatic rings. The van der Waals surface area contributed by atoms with Crippen molar-refractivity contribution in [3.8, 4) is 0 Å². The molecule has 0 saturated carbocycles. The van der Waals surface area contributed by atoms with Crippen molar-refractivity contribution in [1.82, 2.24) is 4.90 Å². The molecule has 0 aliphatic rings. The van der Waals surface area contributed by atoms with Crippen LogP contribution in [0, 0.1) is 0 Å². The minimum Gasteiger partial charge on any atom is -0.466 e. The molecule has 0 atom stereocenters. The van der Waals surface area contributed by atoms with Crippen molar-refractivity contribution in [3.05, 3.63) is 0 Å². The van der Waals surface area contributed by atoms with Gasteiger partial charge in [0.15, 0.2) is 0 Å². The lowest BCUT2D eigenvalue weighted by molar-refractivity contribution is -0.143. The fraction of sp³-hybridized carbons (Fsp3) is 0.944. The molecule has 0 unspecified atom stereocenters. The summed E-state index contributed by atoms with van der Waals surface area (Å²) in [5.74, 6) is -0.0290. The third kappa shape index (κ3) is 14.3. The van der Waals surface area contributed by atoms with Crippen molar-refractivity contribution in [2.45, 2.75) is 78.1 Å².